The summed E-state index contributed by atoms with van der Waals surface area (Å²) in [7, 11) is -4.29. The first kappa shape index (κ1) is 61.9. The lowest BCUT2D eigenvalue weighted by atomic mass is 10.0. The monoisotopic (exact) mass is 918 g/mol. The molecule has 0 aromatic carbocycles. The zero-order valence-electron chi connectivity index (χ0n) is 41.5. The summed E-state index contributed by atoms with van der Waals surface area (Å²) in [6, 6.07) is 0. The Balaban J connectivity index is 3.95. The normalized spacial score (nSPS) is 13.9. The van der Waals surface area contributed by atoms with Crippen LogP contribution in [0.15, 0.2) is 72.9 Å². The molecule has 0 rings (SSSR count). The summed E-state index contributed by atoms with van der Waals surface area (Å²) in [4.78, 5) is 22.6. The molecule has 0 saturated heterocycles. The van der Waals surface area contributed by atoms with Crippen molar-refractivity contribution in [3.8, 4) is 0 Å². The fourth-order valence-electron chi connectivity index (χ4n) is 7.25. The number of rotatable bonds is 50. The van der Waals surface area contributed by atoms with Crippen molar-refractivity contribution < 1.29 is 32.8 Å². The number of phosphoric acid groups is 1. The molecule has 0 heterocycles. The number of carbonyl (C=O) groups is 1. The number of allylic oxidation sites excluding steroid dienone is 12. The Kier molecular flexibility index (Phi) is 50.2. The molecule has 0 aromatic rings. The predicted octanol–water partition coefficient (Wildman–Crippen LogP) is 16.6. The second-order valence-electron chi connectivity index (χ2n) is 17.4. The Labute approximate surface area is 395 Å². The molecule has 3 N–H and O–H groups in total. The third-order valence-electron chi connectivity index (χ3n) is 11.1. The predicted molar refractivity (Wildman–Crippen MR) is 275 cm³/mol. The van der Waals surface area contributed by atoms with Crippen LogP contribution in [0.3, 0.4) is 0 Å². The fraction of sp³-hybridized carbons (Fsp3) is 0.764. The zero-order valence-corrected chi connectivity index (χ0v) is 42.4. The Hall–Kier alpha value is -2.06. The summed E-state index contributed by atoms with van der Waals surface area (Å²) in [5.74, 6) is -0.339. The van der Waals surface area contributed by atoms with Crippen molar-refractivity contribution in [2.75, 3.05) is 33.0 Å². The number of phosphoric ester groups is 1. The number of carbonyl (C=O) groups excluding carboxylic acids is 1. The van der Waals surface area contributed by atoms with Crippen LogP contribution in [0.1, 0.15) is 232 Å². The maximum absolute atomic E-state index is 12.7. The molecule has 2 unspecified atom stereocenters. The lowest BCUT2D eigenvalue weighted by Crippen LogP contribution is -2.28. The molecule has 8 nitrogen and oxygen atoms in total. The van der Waals surface area contributed by atoms with Crippen molar-refractivity contribution in [3.05, 3.63) is 72.9 Å². The fourth-order valence-corrected chi connectivity index (χ4v) is 8.02. The first-order valence-corrected chi connectivity index (χ1v) is 27.9. The molecular weight excluding hydrogens is 818 g/mol. The van der Waals surface area contributed by atoms with Crippen LogP contribution in [-0.4, -0.2) is 49.9 Å². The molecule has 9 heteroatoms. The molecule has 0 bridgehead atoms. The maximum Gasteiger partial charge on any atom is 0.472 e. The van der Waals surface area contributed by atoms with Crippen molar-refractivity contribution >= 4 is 13.8 Å². The van der Waals surface area contributed by atoms with Crippen LogP contribution in [0.25, 0.3) is 0 Å². The van der Waals surface area contributed by atoms with E-state index >= 15 is 0 Å². The van der Waals surface area contributed by atoms with E-state index in [9.17, 15) is 14.3 Å². The van der Waals surface area contributed by atoms with Gasteiger partial charge in [-0.15, -0.1) is 0 Å². The average Bonchev–Trinajstić information content (AvgIpc) is 3.29. The van der Waals surface area contributed by atoms with Crippen LogP contribution >= 0.6 is 7.82 Å². The van der Waals surface area contributed by atoms with Gasteiger partial charge in [-0.05, 0) is 83.5 Å². The van der Waals surface area contributed by atoms with Crippen molar-refractivity contribution in [1.82, 2.24) is 0 Å². The molecule has 0 amide bonds. The Morgan fingerprint density at radius 2 is 0.875 bits per heavy atom. The number of hydrogen-bond donors (Lipinski definition) is 2. The molecule has 64 heavy (non-hydrogen) atoms. The van der Waals surface area contributed by atoms with Crippen LogP contribution in [-0.2, 0) is 27.9 Å². The van der Waals surface area contributed by atoms with E-state index in [1.165, 1.54) is 141 Å². The highest BCUT2D eigenvalue weighted by Crippen LogP contribution is 2.43. The SMILES string of the molecule is CC/C=C\C/C=C\C/C=C\C/C=C\CCCCCCCCCCC(=O)OC(COCCCCCCCCCCCCCC/C=C\C/C=C\CCCCCCC)COP(=O)(O)OCCN. The first-order chi connectivity index (χ1) is 31.4. The van der Waals surface area contributed by atoms with Crippen LogP contribution in [0.2, 0.25) is 0 Å². The minimum Gasteiger partial charge on any atom is -0.457 e. The summed E-state index contributed by atoms with van der Waals surface area (Å²) in [5, 5.41) is 0. The van der Waals surface area contributed by atoms with Gasteiger partial charge in [0.05, 0.1) is 19.8 Å². The summed E-state index contributed by atoms with van der Waals surface area (Å²) in [6.45, 7) is 4.80. The molecule has 2 atom stereocenters. The number of unbranched alkanes of at least 4 members (excludes halogenated alkanes) is 25. The third-order valence-corrected chi connectivity index (χ3v) is 12.1. The van der Waals surface area contributed by atoms with E-state index in [-0.39, 0.29) is 32.3 Å². The number of hydrogen-bond acceptors (Lipinski definition) is 7. The van der Waals surface area contributed by atoms with Crippen LogP contribution < -0.4 is 5.73 Å². The van der Waals surface area contributed by atoms with E-state index in [0.717, 1.165) is 70.6 Å². The molecule has 0 aromatic heterocycles. The van der Waals surface area contributed by atoms with Gasteiger partial charge in [0.25, 0.3) is 0 Å². The largest absolute Gasteiger partial charge is 0.472 e. The smallest absolute Gasteiger partial charge is 0.457 e. The number of ether oxygens (including phenoxy) is 2. The van der Waals surface area contributed by atoms with Gasteiger partial charge in [-0.1, -0.05) is 215 Å². The lowest BCUT2D eigenvalue weighted by molar-refractivity contribution is -0.154. The van der Waals surface area contributed by atoms with Gasteiger partial charge in [0.15, 0.2) is 0 Å². The van der Waals surface area contributed by atoms with Crippen molar-refractivity contribution in [1.29, 1.82) is 0 Å². The highest BCUT2D eigenvalue weighted by atomic mass is 31.2. The average molecular weight is 918 g/mol. The minimum absolute atomic E-state index is 0.0959. The molecule has 372 valence electrons. The van der Waals surface area contributed by atoms with Gasteiger partial charge in [0.1, 0.15) is 6.10 Å². The van der Waals surface area contributed by atoms with Crippen LogP contribution in [0.4, 0.5) is 0 Å². The molecule has 0 radical (unpaired) electrons. The number of esters is 1. The molecular formula is C55H100NO7P. The second-order valence-corrected chi connectivity index (χ2v) is 18.8. The zero-order chi connectivity index (χ0) is 46.5. The van der Waals surface area contributed by atoms with E-state index in [2.05, 4.69) is 86.8 Å². The van der Waals surface area contributed by atoms with E-state index in [0.29, 0.717) is 13.0 Å². The topological polar surface area (TPSA) is 117 Å². The first-order valence-electron chi connectivity index (χ1n) is 26.4. The molecule has 0 aliphatic rings. The Morgan fingerprint density at radius 3 is 1.31 bits per heavy atom. The van der Waals surface area contributed by atoms with Gasteiger partial charge in [0.2, 0.25) is 0 Å². The molecule has 0 spiro atoms. The molecule has 0 aliphatic carbocycles. The summed E-state index contributed by atoms with van der Waals surface area (Å²) in [5.41, 5.74) is 5.39. The van der Waals surface area contributed by atoms with Crippen molar-refractivity contribution in [2.45, 2.75) is 238 Å². The Morgan fingerprint density at radius 1 is 0.484 bits per heavy atom. The molecule has 0 aliphatic heterocycles. The van der Waals surface area contributed by atoms with Gasteiger partial charge >= 0.3 is 13.8 Å². The van der Waals surface area contributed by atoms with Gasteiger partial charge in [-0.25, -0.2) is 4.57 Å². The maximum atomic E-state index is 12.7. The van der Waals surface area contributed by atoms with Crippen molar-refractivity contribution in [2.24, 2.45) is 5.73 Å². The third kappa shape index (κ3) is 50.9. The highest BCUT2D eigenvalue weighted by molar-refractivity contribution is 7.47. The van der Waals surface area contributed by atoms with E-state index in [1.54, 1.807) is 0 Å². The van der Waals surface area contributed by atoms with Gasteiger partial charge in [0, 0.05) is 19.6 Å². The Bertz CT molecular complexity index is 1210. The van der Waals surface area contributed by atoms with Crippen LogP contribution in [0.5, 0.6) is 0 Å². The minimum atomic E-state index is -4.29. The number of nitrogens with two attached hydrogens (primary N) is 1. The van der Waals surface area contributed by atoms with E-state index in [4.69, 9.17) is 24.3 Å². The lowest BCUT2D eigenvalue weighted by Gasteiger charge is -2.20. The standard InChI is InChI=1S/C55H100NO7P/c1-3-5-7-9-11-13-15-17-19-21-23-25-26-27-29-31-33-35-37-39-41-43-45-47-50-60-52-54(53-62-64(58,59)61-51-49-56)63-55(57)48-46-44-42-40-38-36-34-32-30-28-24-22-20-18-16-14-12-10-8-6-4-2/h6,8,12,14-15,17-18,20-21,23-24,28,54H,3-5,7,9-11,13,16,19,22,25-27,29-53,56H2,1-2H3,(H,58,59)/b8-6-,14-12-,17-15-,20-18-,23-21-,28-24-. The molecule has 0 saturated carbocycles. The highest BCUT2D eigenvalue weighted by Gasteiger charge is 2.25. The van der Waals surface area contributed by atoms with Gasteiger partial charge < -0.3 is 20.1 Å². The van der Waals surface area contributed by atoms with Crippen LogP contribution in [0, 0.1) is 0 Å². The quantitative estimate of drug-likeness (QED) is 0.0268. The summed E-state index contributed by atoms with van der Waals surface area (Å²) >= 11 is 0. The van der Waals surface area contributed by atoms with Gasteiger partial charge in [-0.2, -0.15) is 0 Å². The van der Waals surface area contributed by atoms with E-state index in [1.807, 2.05) is 0 Å². The summed E-state index contributed by atoms with van der Waals surface area (Å²) < 4.78 is 33.6. The van der Waals surface area contributed by atoms with Gasteiger partial charge in [-0.3, -0.25) is 13.8 Å². The molecule has 0 fully saturated rings. The second kappa shape index (κ2) is 51.9. The van der Waals surface area contributed by atoms with E-state index < -0.39 is 13.9 Å². The van der Waals surface area contributed by atoms with Crippen molar-refractivity contribution in [3.63, 3.8) is 0 Å². The summed E-state index contributed by atoms with van der Waals surface area (Å²) in [6.07, 6.45) is 66.5.